The van der Waals surface area contributed by atoms with Gasteiger partial charge in [0.2, 0.25) is 0 Å². The number of hydrogen-bond acceptors (Lipinski definition) is 4. The normalized spacial score (nSPS) is 21.3. The molecule has 1 saturated heterocycles. The van der Waals surface area contributed by atoms with Crippen molar-refractivity contribution >= 4 is 17.7 Å². The molecule has 1 aliphatic heterocycles. The molecule has 0 saturated carbocycles. The lowest BCUT2D eigenvalue weighted by Gasteiger charge is -2.21. The van der Waals surface area contributed by atoms with Crippen molar-refractivity contribution in [1.82, 2.24) is 4.90 Å². The standard InChI is InChI=1S/C13H13N3O4/c14-6-8-2-1-3-9(4-8)15-13(20)16-7-10(17)5-11(16)12(18)19/h1-4,10-11,17H,5,7H2,(H,15,20)(H,18,19)/t10-,11-/m1/s1. The third kappa shape index (κ3) is 2.87. The summed E-state index contributed by atoms with van der Waals surface area (Å²) in [6.45, 7) is -0.0270. The smallest absolute Gasteiger partial charge is 0.326 e. The lowest BCUT2D eigenvalue weighted by atomic mass is 10.2. The first-order valence-corrected chi connectivity index (χ1v) is 6.00. The third-order valence-corrected chi connectivity index (χ3v) is 3.07. The van der Waals surface area contributed by atoms with Gasteiger partial charge in [0.1, 0.15) is 6.04 Å². The zero-order valence-electron chi connectivity index (χ0n) is 10.5. The van der Waals surface area contributed by atoms with E-state index in [0.717, 1.165) is 4.90 Å². The summed E-state index contributed by atoms with van der Waals surface area (Å²) in [7, 11) is 0. The molecule has 1 aliphatic rings. The number of carboxylic acid groups (broad SMARTS) is 1. The molecule has 0 aromatic heterocycles. The van der Waals surface area contributed by atoms with Crippen LogP contribution < -0.4 is 5.32 Å². The van der Waals surface area contributed by atoms with Gasteiger partial charge in [0.15, 0.2) is 0 Å². The Balaban J connectivity index is 2.11. The van der Waals surface area contributed by atoms with E-state index in [1.54, 1.807) is 18.2 Å². The maximum Gasteiger partial charge on any atom is 0.326 e. The van der Waals surface area contributed by atoms with Crippen molar-refractivity contribution in [3.05, 3.63) is 29.8 Å². The van der Waals surface area contributed by atoms with Crippen molar-refractivity contribution in [2.24, 2.45) is 0 Å². The fourth-order valence-corrected chi connectivity index (χ4v) is 2.13. The van der Waals surface area contributed by atoms with Crippen LogP contribution in [0.2, 0.25) is 0 Å². The first-order valence-electron chi connectivity index (χ1n) is 6.00. The van der Waals surface area contributed by atoms with E-state index in [4.69, 9.17) is 10.4 Å². The highest BCUT2D eigenvalue weighted by Crippen LogP contribution is 2.20. The van der Waals surface area contributed by atoms with Gasteiger partial charge in [-0.25, -0.2) is 9.59 Å². The molecule has 0 unspecified atom stereocenters. The molecule has 0 radical (unpaired) electrons. The number of aliphatic carboxylic acids is 1. The average molecular weight is 275 g/mol. The number of nitriles is 1. The van der Waals surface area contributed by atoms with Crippen LogP contribution in [0.15, 0.2) is 24.3 Å². The van der Waals surface area contributed by atoms with Crippen LogP contribution in [-0.4, -0.2) is 45.8 Å². The number of carbonyl (C=O) groups is 2. The summed E-state index contributed by atoms with van der Waals surface area (Å²) in [5.41, 5.74) is 0.790. The minimum Gasteiger partial charge on any atom is -0.480 e. The van der Waals surface area contributed by atoms with Crippen LogP contribution in [0, 0.1) is 11.3 Å². The number of aliphatic hydroxyl groups excluding tert-OH is 1. The molecule has 2 amide bonds. The van der Waals surface area contributed by atoms with Gasteiger partial charge in [-0.05, 0) is 18.2 Å². The van der Waals surface area contributed by atoms with Gasteiger partial charge in [-0.3, -0.25) is 0 Å². The van der Waals surface area contributed by atoms with Gasteiger partial charge in [-0.15, -0.1) is 0 Å². The number of nitrogens with one attached hydrogen (secondary N) is 1. The van der Waals surface area contributed by atoms with Gasteiger partial charge in [0, 0.05) is 18.7 Å². The summed E-state index contributed by atoms with van der Waals surface area (Å²) in [5.74, 6) is -1.15. The van der Waals surface area contributed by atoms with Crippen LogP contribution in [0.25, 0.3) is 0 Å². The third-order valence-electron chi connectivity index (χ3n) is 3.07. The van der Waals surface area contributed by atoms with Crippen LogP contribution in [0.4, 0.5) is 10.5 Å². The second-order valence-electron chi connectivity index (χ2n) is 4.52. The lowest BCUT2D eigenvalue weighted by molar-refractivity contribution is -0.141. The van der Waals surface area contributed by atoms with Crippen molar-refractivity contribution in [2.75, 3.05) is 11.9 Å². The van der Waals surface area contributed by atoms with Crippen molar-refractivity contribution in [2.45, 2.75) is 18.6 Å². The Bertz CT molecular complexity index is 581. The van der Waals surface area contributed by atoms with E-state index in [1.165, 1.54) is 6.07 Å². The SMILES string of the molecule is N#Cc1cccc(NC(=O)N2C[C@H](O)C[C@@H]2C(=O)O)c1. The molecule has 1 fully saturated rings. The second kappa shape index (κ2) is 5.59. The monoisotopic (exact) mass is 275 g/mol. The maximum absolute atomic E-state index is 12.0. The number of rotatable bonds is 2. The summed E-state index contributed by atoms with van der Waals surface area (Å²) in [6, 6.07) is 6.59. The fraction of sp³-hybridized carbons (Fsp3) is 0.308. The van der Waals surface area contributed by atoms with Gasteiger partial charge < -0.3 is 20.4 Å². The number of aliphatic hydroxyl groups is 1. The molecule has 20 heavy (non-hydrogen) atoms. The molecule has 0 spiro atoms. The van der Waals surface area contributed by atoms with Crippen molar-refractivity contribution in [1.29, 1.82) is 5.26 Å². The quantitative estimate of drug-likeness (QED) is 0.731. The van der Waals surface area contributed by atoms with Gasteiger partial charge in [0.25, 0.3) is 0 Å². The van der Waals surface area contributed by atoms with E-state index >= 15 is 0 Å². The minimum absolute atomic E-state index is 0.0149. The Morgan fingerprint density at radius 2 is 2.20 bits per heavy atom. The van der Waals surface area contributed by atoms with E-state index in [-0.39, 0.29) is 13.0 Å². The number of anilines is 1. The molecule has 0 aliphatic carbocycles. The van der Waals surface area contributed by atoms with Crippen LogP contribution in [0.1, 0.15) is 12.0 Å². The minimum atomic E-state index is -1.15. The number of amides is 2. The summed E-state index contributed by atoms with van der Waals surface area (Å²) in [4.78, 5) is 24.1. The zero-order valence-corrected chi connectivity index (χ0v) is 10.5. The Labute approximate surface area is 115 Å². The number of urea groups is 1. The van der Waals surface area contributed by atoms with Crippen LogP contribution >= 0.6 is 0 Å². The van der Waals surface area contributed by atoms with Gasteiger partial charge in [-0.2, -0.15) is 5.26 Å². The Morgan fingerprint density at radius 3 is 2.85 bits per heavy atom. The molecule has 2 atom stereocenters. The number of likely N-dealkylation sites (tertiary alicyclic amines) is 1. The summed E-state index contributed by atoms with van der Waals surface area (Å²) in [6.07, 6.45) is -0.826. The first-order chi connectivity index (χ1) is 9.51. The molecule has 1 heterocycles. The predicted molar refractivity (Wildman–Crippen MR) is 68.9 cm³/mol. The molecular formula is C13H13N3O4. The van der Waals surface area contributed by atoms with Crippen LogP contribution in [0.5, 0.6) is 0 Å². The fourth-order valence-electron chi connectivity index (χ4n) is 2.13. The highest BCUT2D eigenvalue weighted by atomic mass is 16.4. The second-order valence-corrected chi connectivity index (χ2v) is 4.52. The first kappa shape index (κ1) is 13.8. The van der Waals surface area contributed by atoms with Crippen LogP contribution in [0.3, 0.4) is 0 Å². The lowest BCUT2D eigenvalue weighted by Crippen LogP contribution is -2.43. The molecule has 1 aromatic rings. The zero-order chi connectivity index (χ0) is 14.7. The number of β-amino-alcohol motifs (C(OH)–C–C–N with tert-alkyl or cyclic N) is 1. The Morgan fingerprint density at radius 1 is 1.45 bits per heavy atom. The number of carbonyl (C=O) groups excluding carboxylic acids is 1. The van der Waals surface area contributed by atoms with Gasteiger partial charge >= 0.3 is 12.0 Å². The maximum atomic E-state index is 12.0. The molecule has 7 nitrogen and oxygen atoms in total. The number of carboxylic acids is 1. The number of benzene rings is 1. The molecule has 1 aromatic carbocycles. The predicted octanol–water partition coefficient (Wildman–Crippen LogP) is 0.610. The topological polar surface area (TPSA) is 114 Å². The Hall–Kier alpha value is -2.59. The van der Waals surface area contributed by atoms with E-state index in [9.17, 15) is 14.7 Å². The van der Waals surface area contributed by atoms with Crippen LogP contribution in [-0.2, 0) is 4.79 Å². The largest absolute Gasteiger partial charge is 0.480 e. The highest BCUT2D eigenvalue weighted by Gasteiger charge is 2.38. The molecule has 104 valence electrons. The van der Waals surface area contributed by atoms with Gasteiger partial charge in [0.05, 0.1) is 17.7 Å². The average Bonchev–Trinajstić information content (AvgIpc) is 2.81. The molecule has 2 rings (SSSR count). The van der Waals surface area contributed by atoms with Crippen molar-refractivity contribution < 1.29 is 19.8 Å². The summed E-state index contributed by atoms with van der Waals surface area (Å²) < 4.78 is 0. The summed E-state index contributed by atoms with van der Waals surface area (Å²) >= 11 is 0. The molecular weight excluding hydrogens is 262 g/mol. The molecule has 7 heteroatoms. The highest BCUT2D eigenvalue weighted by molar-refractivity contribution is 5.93. The van der Waals surface area contributed by atoms with Crippen molar-refractivity contribution in [3.8, 4) is 6.07 Å². The van der Waals surface area contributed by atoms with E-state index < -0.39 is 24.1 Å². The molecule has 3 N–H and O–H groups in total. The molecule has 0 bridgehead atoms. The number of nitrogens with zero attached hydrogens (tertiary/aromatic N) is 2. The van der Waals surface area contributed by atoms with E-state index in [2.05, 4.69) is 5.32 Å². The van der Waals surface area contributed by atoms with Gasteiger partial charge in [-0.1, -0.05) is 6.07 Å². The van der Waals surface area contributed by atoms with Crippen molar-refractivity contribution in [3.63, 3.8) is 0 Å². The van der Waals surface area contributed by atoms with E-state index in [0.29, 0.717) is 11.3 Å². The number of hydrogen-bond donors (Lipinski definition) is 3. The Kier molecular flexibility index (Phi) is 3.86. The summed E-state index contributed by atoms with van der Waals surface area (Å²) in [5, 5.41) is 29.8. The van der Waals surface area contributed by atoms with E-state index in [1.807, 2.05) is 6.07 Å².